The molecule has 0 radical (unpaired) electrons. The standard InChI is InChI=1S/C18H19FN2O3S/c1-12-7-14(13-5-3-2-4-6-13)8-16(18(12)19)17(22)11-21-25(23,24)15-9-20-10-15/h2-8,15,20-21H,9-11H2,1H3. The van der Waals surface area contributed by atoms with E-state index < -0.39 is 33.4 Å². The molecule has 0 amide bonds. The van der Waals surface area contributed by atoms with Crippen LogP contribution in [0, 0.1) is 12.7 Å². The zero-order chi connectivity index (χ0) is 18.0. The Morgan fingerprint density at radius 2 is 1.88 bits per heavy atom. The Balaban J connectivity index is 1.83. The quantitative estimate of drug-likeness (QED) is 0.770. The number of hydrogen-bond acceptors (Lipinski definition) is 4. The zero-order valence-electron chi connectivity index (χ0n) is 13.8. The summed E-state index contributed by atoms with van der Waals surface area (Å²) in [5.74, 6) is -1.21. The van der Waals surface area contributed by atoms with E-state index in [9.17, 15) is 17.6 Å². The summed E-state index contributed by atoms with van der Waals surface area (Å²) in [5, 5.41) is 2.33. The first-order valence-electron chi connectivity index (χ1n) is 7.96. The molecule has 1 saturated heterocycles. The lowest BCUT2D eigenvalue weighted by molar-refractivity contribution is 0.0993. The van der Waals surface area contributed by atoms with Crippen molar-refractivity contribution in [1.82, 2.24) is 10.0 Å². The Morgan fingerprint density at radius 1 is 1.20 bits per heavy atom. The summed E-state index contributed by atoms with van der Waals surface area (Å²) >= 11 is 0. The van der Waals surface area contributed by atoms with E-state index in [0.717, 1.165) is 5.56 Å². The number of benzene rings is 2. The van der Waals surface area contributed by atoms with Gasteiger partial charge in [0.15, 0.2) is 5.78 Å². The fraction of sp³-hybridized carbons (Fsp3) is 0.278. The lowest BCUT2D eigenvalue weighted by Gasteiger charge is -2.26. The van der Waals surface area contributed by atoms with Crippen LogP contribution in [0.5, 0.6) is 0 Å². The number of hydrogen-bond donors (Lipinski definition) is 2. The molecule has 1 aliphatic heterocycles. The third kappa shape index (κ3) is 3.78. The van der Waals surface area contributed by atoms with Gasteiger partial charge in [0.1, 0.15) is 11.1 Å². The molecule has 0 spiro atoms. The molecule has 0 saturated carbocycles. The van der Waals surface area contributed by atoms with Crippen LogP contribution in [0.2, 0.25) is 0 Å². The van der Waals surface area contributed by atoms with E-state index in [-0.39, 0.29) is 5.56 Å². The van der Waals surface area contributed by atoms with Crippen molar-refractivity contribution in [2.24, 2.45) is 0 Å². The van der Waals surface area contributed by atoms with Crippen LogP contribution in [0.4, 0.5) is 4.39 Å². The predicted octanol–water partition coefficient (Wildman–Crippen LogP) is 1.88. The number of ketones is 1. The second-order valence-electron chi connectivity index (χ2n) is 6.09. The van der Waals surface area contributed by atoms with Crippen LogP contribution in [-0.4, -0.2) is 39.1 Å². The first-order chi connectivity index (χ1) is 11.9. The molecule has 3 rings (SSSR count). The maximum Gasteiger partial charge on any atom is 0.217 e. The van der Waals surface area contributed by atoms with Gasteiger partial charge in [-0.1, -0.05) is 30.3 Å². The molecule has 0 aliphatic carbocycles. The fourth-order valence-electron chi connectivity index (χ4n) is 2.63. The minimum absolute atomic E-state index is 0.103. The second kappa shape index (κ2) is 7.03. The van der Waals surface area contributed by atoms with Gasteiger partial charge in [0.25, 0.3) is 0 Å². The largest absolute Gasteiger partial charge is 0.314 e. The van der Waals surface area contributed by atoms with Crippen molar-refractivity contribution in [2.45, 2.75) is 12.2 Å². The zero-order valence-corrected chi connectivity index (χ0v) is 14.6. The number of nitrogens with one attached hydrogen (secondary N) is 2. The van der Waals surface area contributed by atoms with Crippen LogP contribution in [0.3, 0.4) is 0 Å². The lowest BCUT2D eigenvalue weighted by Crippen LogP contribution is -2.55. The molecule has 2 aromatic rings. The number of carbonyl (C=O) groups is 1. The van der Waals surface area contributed by atoms with Gasteiger partial charge in [0, 0.05) is 13.1 Å². The van der Waals surface area contributed by atoms with Gasteiger partial charge in [-0.15, -0.1) is 0 Å². The molecule has 0 atom stereocenters. The summed E-state index contributed by atoms with van der Waals surface area (Å²) < 4.78 is 40.7. The van der Waals surface area contributed by atoms with Crippen molar-refractivity contribution in [3.05, 3.63) is 59.4 Å². The molecule has 25 heavy (non-hydrogen) atoms. The Bertz CT molecular complexity index is 894. The summed E-state index contributed by atoms with van der Waals surface area (Å²) in [6.07, 6.45) is 0. The van der Waals surface area contributed by atoms with Crippen molar-refractivity contribution in [3.63, 3.8) is 0 Å². The SMILES string of the molecule is Cc1cc(-c2ccccc2)cc(C(=O)CNS(=O)(=O)C2CNC2)c1F. The highest BCUT2D eigenvalue weighted by molar-refractivity contribution is 7.90. The minimum Gasteiger partial charge on any atom is -0.314 e. The topological polar surface area (TPSA) is 75.3 Å². The summed E-state index contributed by atoms with van der Waals surface area (Å²) in [4.78, 5) is 12.4. The minimum atomic E-state index is -3.57. The van der Waals surface area contributed by atoms with Gasteiger partial charge in [-0.05, 0) is 35.7 Å². The first kappa shape index (κ1) is 17.7. The van der Waals surface area contributed by atoms with Gasteiger partial charge >= 0.3 is 0 Å². The van der Waals surface area contributed by atoms with E-state index in [0.29, 0.717) is 24.2 Å². The highest BCUT2D eigenvalue weighted by Gasteiger charge is 2.31. The summed E-state index contributed by atoms with van der Waals surface area (Å²) in [6.45, 7) is 1.86. The van der Waals surface area contributed by atoms with Crippen LogP contribution >= 0.6 is 0 Å². The van der Waals surface area contributed by atoms with E-state index in [2.05, 4.69) is 10.0 Å². The van der Waals surface area contributed by atoms with Gasteiger partial charge in [-0.2, -0.15) is 0 Å². The molecule has 2 aromatic carbocycles. The highest BCUT2D eigenvalue weighted by atomic mass is 32.2. The van der Waals surface area contributed by atoms with Crippen LogP contribution in [0.25, 0.3) is 11.1 Å². The van der Waals surface area contributed by atoms with Gasteiger partial charge < -0.3 is 5.32 Å². The van der Waals surface area contributed by atoms with Crippen LogP contribution in [-0.2, 0) is 10.0 Å². The van der Waals surface area contributed by atoms with Crippen molar-refractivity contribution < 1.29 is 17.6 Å². The molecule has 1 aliphatic rings. The van der Waals surface area contributed by atoms with E-state index in [1.165, 1.54) is 6.07 Å². The van der Waals surface area contributed by atoms with Crippen LogP contribution in [0.15, 0.2) is 42.5 Å². The van der Waals surface area contributed by atoms with E-state index >= 15 is 0 Å². The third-order valence-electron chi connectivity index (χ3n) is 4.28. The van der Waals surface area contributed by atoms with Crippen LogP contribution in [0.1, 0.15) is 15.9 Å². The Hall–Kier alpha value is -2.09. The lowest BCUT2D eigenvalue weighted by atomic mass is 9.98. The molecule has 0 aromatic heterocycles. The molecular weight excluding hydrogens is 343 g/mol. The third-order valence-corrected chi connectivity index (χ3v) is 6.04. The second-order valence-corrected chi connectivity index (χ2v) is 8.14. The van der Waals surface area contributed by atoms with Crippen molar-refractivity contribution >= 4 is 15.8 Å². The maximum atomic E-state index is 14.4. The number of sulfonamides is 1. The summed E-state index contributed by atoms with van der Waals surface area (Å²) in [6, 6.07) is 12.5. The number of halogens is 1. The average Bonchev–Trinajstić information content (AvgIpc) is 2.54. The Labute approximate surface area is 146 Å². The maximum absolute atomic E-state index is 14.4. The monoisotopic (exact) mass is 362 g/mol. The number of Topliss-reactive ketones (excluding diaryl/α,β-unsaturated/α-hetero) is 1. The molecular formula is C18H19FN2O3S. The normalized spacial score (nSPS) is 15.0. The smallest absolute Gasteiger partial charge is 0.217 e. The fourth-order valence-corrected chi connectivity index (χ4v) is 3.87. The summed E-state index contributed by atoms with van der Waals surface area (Å²) in [7, 11) is -3.57. The van der Waals surface area contributed by atoms with E-state index in [1.807, 2.05) is 30.3 Å². The van der Waals surface area contributed by atoms with E-state index in [4.69, 9.17) is 0 Å². The van der Waals surface area contributed by atoms with Crippen molar-refractivity contribution in [1.29, 1.82) is 0 Å². The number of aryl methyl sites for hydroxylation is 1. The van der Waals surface area contributed by atoms with Crippen molar-refractivity contribution in [3.8, 4) is 11.1 Å². The number of carbonyl (C=O) groups excluding carboxylic acids is 1. The molecule has 5 nitrogen and oxygen atoms in total. The van der Waals surface area contributed by atoms with Gasteiger partial charge in [-0.25, -0.2) is 17.5 Å². The molecule has 7 heteroatoms. The van der Waals surface area contributed by atoms with Crippen LogP contribution < -0.4 is 10.0 Å². The molecule has 1 fully saturated rings. The average molecular weight is 362 g/mol. The van der Waals surface area contributed by atoms with Gasteiger partial charge in [0.2, 0.25) is 10.0 Å². The molecule has 1 heterocycles. The number of rotatable bonds is 6. The van der Waals surface area contributed by atoms with Gasteiger partial charge in [0.05, 0.1) is 12.1 Å². The molecule has 0 bridgehead atoms. The molecule has 0 unspecified atom stereocenters. The molecule has 2 N–H and O–H groups in total. The Kier molecular flexibility index (Phi) is 4.99. The summed E-state index contributed by atoms with van der Waals surface area (Å²) in [5.41, 5.74) is 1.82. The Morgan fingerprint density at radius 3 is 2.48 bits per heavy atom. The van der Waals surface area contributed by atoms with Gasteiger partial charge in [-0.3, -0.25) is 4.79 Å². The predicted molar refractivity (Wildman–Crippen MR) is 94.5 cm³/mol. The van der Waals surface area contributed by atoms with Crippen molar-refractivity contribution in [2.75, 3.05) is 19.6 Å². The highest BCUT2D eigenvalue weighted by Crippen LogP contribution is 2.25. The first-order valence-corrected chi connectivity index (χ1v) is 9.51. The molecule has 132 valence electrons. The van der Waals surface area contributed by atoms with E-state index in [1.54, 1.807) is 13.0 Å².